The number of ether oxygens (including phenoxy) is 2. The molecule has 0 saturated carbocycles. The second kappa shape index (κ2) is 8.42. The lowest BCUT2D eigenvalue weighted by molar-refractivity contribution is -0.126. The molecule has 2 N–H and O–H groups in total. The third kappa shape index (κ3) is 4.36. The van der Waals surface area contributed by atoms with Gasteiger partial charge in [0.15, 0.2) is 0 Å². The number of hydrogen-bond acceptors (Lipinski definition) is 5. The van der Waals surface area contributed by atoms with E-state index in [4.69, 9.17) is 14.6 Å². The molecular formula is C18H24N2O5. The van der Waals surface area contributed by atoms with Gasteiger partial charge in [0.25, 0.3) is 5.91 Å². The predicted octanol–water partition coefficient (Wildman–Crippen LogP) is 0.315. The first-order chi connectivity index (χ1) is 12.2. The number of hydrogen-bond donors (Lipinski definition) is 2. The summed E-state index contributed by atoms with van der Waals surface area (Å²) in [5.74, 6) is -0.119. The molecule has 7 heteroatoms. The van der Waals surface area contributed by atoms with Crippen LogP contribution in [0.2, 0.25) is 0 Å². The van der Waals surface area contributed by atoms with Crippen LogP contribution in [0.15, 0.2) is 24.3 Å². The van der Waals surface area contributed by atoms with Crippen LogP contribution in [0.5, 0.6) is 0 Å². The Hall–Kier alpha value is -1.96. The van der Waals surface area contributed by atoms with Crippen molar-refractivity contribution in [2.75, 3.05) is 33.0 Å². The zero-order valence-electron chi connectivity index (χ0n) is 14.1. The molecule has 2 amide bonds. The van der Waals surface area contributed by atoms with Crippen LogP contribution in [0.1, 0.15) is 28.8 Å². The highest BCUT2D eigenvalue weighted by atomic mass is 16.5. The zero-order valence-corrected chi connectivity index (χ0v) is 14.1. The van der Waals surface area contributed by atoms with E-state index in [-0.39, 0.29) is 43.6 Å². The van der Waals surface area contributed by atoms with Gasteiger partial charge in [-0.15, -0.1) is 0 Å². The normalized spacial score (nSPS) is 22.8. The fourth-order valence-electron chi connectivity index (χ4n) is 3.26. The van der Waals surface area contributed by atoms with E-state index in [1.165, 1.54) is 0 Å². The van der Waals surface area contributed by atoms with Crippen LogP contribution >= 0.6 is 0 Å². The van der Waals surface area contributed by atoms with Gasteiger partial charge in [-0.1, -0.05) is 18.2 Å². The monoisotopic (exact) mass is 348 g/mol. The molecular weight excluding hydrogens is 324 g/mol. The molecule has 25 heavy (non-hydrogen) atoms. The standard InChI is InChI=1S/C18H24N2O5/c21-8-10-25-16-12-24-9-6-15(16)19-17(22)5-7-20-11-13-3-1-2-4-14(13)18(20)23/h1-4,15-16,21H,5-12H2,(H,19,22)/t15-,16-/m1/s1. The van der Waals surface area contributed by atoms with Crippen LogP contribution in [0, 0.1) is 0 Å². The van der Waals surface area contributed by atoms with Crippen LogP contribution in [0.3, 0.4) is 0 Å². The largest absolute Gasteiger partial charge is 0.394 e. The maximum absolute atomic E-state index is 12.3. The Balaban J connectivity index is 1.47. The number of fused-ring (bicyclic) bond motifs is 1. The molecule has 7 nitrogen and oxygen atoms in total. The first-order valence-corrected chi connectivity index (χ1v) is 8.66. The van der Waals surface area contributed by atoms with Gasteiger partial charge >= 0.3 is 0 Å². The van der Waals surface area contributed by atoms with E-state index in [0.29, 0.717) is 32.7 Å². The summed E-state index contributed by atoms with van der Waals surface area (Å²) in [6.45, 7) is 2.09. The Kier molecular flexibility index (Phi) is 6.01. The molecule has 0 radical (unpaired) electrons. The minimum atomic E-state index is -0.248. The summed E-state index contributed by atoms with van der Waals surface area (Å²) < 4.78 is 10.9. The van der Waals surface area contributed by atoms with Crippen molar-refractivity contribution in [1.82, 2.24) is 10.2 Å². The topological polar surface area (TPSA) is 88.1 Å². The van der Waals surface area contributed by atoms with E-state index in [1.54, 1.807) is 4.90 Å². The molecule has 1 aromatic carbocycles. The molecule has 3 rings (SSSR count). The van der Waals surface area contributed by atoms with Crippen molar-refractivity contribution in [3.63, 3.8) is 0 Å². The van der Waals surface area contributed by atoms with Gasteiger partial charge in [0.05, 0.1) is 25.9 Å². The summed E-state index contributed by atoms with van der Waals surface area (Å²) in [5, 5.41) is 11.9. The Morgan fingerprint density at radius 1 is 1.40 bits per heavy atom. The summed E-state index contributed by atoms with van der Waals surface area (Å²) >= 11 is 0. The van der Waals surface area contributed by atoms with Crippen molar-refractivity contribution in [2.45, 2.75) is 31.5 Å². The lowest BCUT2D eigenvalue weighted by atomic mass is 10.1. The number of carbonyl (C=O) groups is 2. The zero-order chi connectivity index (χ0) is 17.6. The number of amides is 2. The number of aliphatic hydroxyl groups is 1. The molecule has 136 valence electrons. The second-order valence-corrected chi connectivity index (χ2v) is 6.30. The maximum Gasteiger partial charge on any atom is 0.254 e. The Morgan fingerprint density at radius 2 is 2.24 bits per heavy atom. The van der Waals surface area contributed by atoms with E-state index in [1.807, 2.05) is 24.3 Å². The molecule has 0 aromatic heterocycles. The third-order valence-electron chi connectivity index (χ3n) is 4.58. The number of rotatable bonds is 7. The van der Waals surface area contributed by atoms with E-state index >= 15 is 0 Å². The molecule has 0 aliphatic carbocycles. The van der Waals surface area contributed by atoms with E-state index < -0.39 is 0 Å². The SMILES string of the molecule is O=C(CCN1Cc2ccccc2C1=O)N[C@@H]1CCOC[C@H]1OCCO. The quantitative estimate of drug-likeness (QED) is 0.741. The first-order valence-electron chi connectivity index (χ1n) is 8.66. The highest BCUT2D eigenvalue weighted by Crippen LogP contribution is 2.22. The summed E-state index contributed by atoms with van der Waals surface area (Å²) in [6, 6.07) is 7.41. The number of nitrogens with one attached hydrogen (secondary N) is 1. The first kappa shape index (κ1) is 17.8. The van der Waals surface area contributed by atoms with Crippen molar-refractivity contribution in [2.24, 2.45) is 0 Å². The average Bonchev–Trinajstić information content (AvgIpc) is 2.95. The molecule has 0 unspecified atom stereocenters. The maximum atomic E-state index is 12.3. The lowest BCUT2D eigenvalue weighted by Gasteiger charge is -2.32. The van der Waals surface area contributed by atoms with Gasteiger partial charge in [-0.3, -0.25) is 9.59 Å². The highest BCUT2D eigenvalue weighted by molar-refractivity contribution is 5.98. The smallest absolute Gasteiger partial charge is 0.254 e. The molecule has 2 atom stereocenters. The fraction of sp³-hybridized carbons (Fsp3) is 0.556. The Morgan fingerprint density at radius 3 is 3.04 bits per heavy atom. The van der Waals surface area contributed by atoms with Gasteiger partial charge < -0.3 is 24.8 Å². The van der Waals surface area contributed by atoms with Crippen LogP contribution in [0.25, 0.3) is 0 Å². The number of aliphatic hydroxyl groups excluding tert-OH is 1. The molecule has 2 aliphatic rings. The van der Waals surface area contributed by atoms with Crippen molar-refractivity contribution in [3.05, 3.63) is 35.4 Å². The Bertz CT molecular complexity index is 621. The number of nitrogens with zero attached hydrogens (tertiary/aromatic N) is 1. The summed E-state index contributed by atoms with van der Waals surface area (Å²) in [4.78, 5) is 26.3. The molecule has 0 bridgehead atoms. The van der Waals surface area contributed by atoms with Crippen LogP contribution < -0.4 is 5.32 Å². The van der Waals surface area contributed by atoms with Crippen molar-refractivity contribution >= 4 is 11.8 Å². The third-order valence-corrected chi connectivity index (χ3v) is 4.58. The number of benzene rings is 1. The molecule has 1 aromatic rings. The summed E-state index contributed by atoms with van der Waals surface area (Å²) in [7, 11) is 0. The van der Waals surface area contributed by atoms with Crippen LogP contribution in [-0.2, 0) is 20.8 Å². The number of carbonyl (C=O) groups excluding carboxylic acids is 2. The van der Waals surface area contributed by atoms with E-state index in [9.17, 15) is 9.59 Å². The lowest BCUT2D eigenvalue weighted by Crippen LogP contribution is -2.50. The summed E-state index contributed by atoms with van der Waals surface area (Å²) in [6.07, 6.45) is 0.683. The minimum absolute atomic E-state index is 0.0152. The van der Waals surface area contributed by atoms with Crippen LogP contribution in [-0.4, -0.2) is 66.9 Å². The van der Waals surface area contributed by atoms with E-state index in [2.05, 4.69) is 5.32 Å². The van der Waals surface area contributed by atoms with Crippen LogP contribution in [0.4, 0.5) is 0 Å². The molecule has 2 aliphatic heterocycles. The molecule has 0 spiro atoms. The van der Waals surface area contributed by atoms with Gasteiger partial charge in [0.2, 0.25) is 5.91 Å². The van der Waals surface area contributed by atoms with Crippen molar-refractivity contribution < 1.29 is 24.2 Å². The van der Waals surface area contributed by atoms with Gasteiger partial charge in [-0.2, -0.15) is 0 Å². The summed E-state index contributed by atoms with van der Waals surface area (Å²) in [5.41, 5.74) is 1.74. The van der Waals surface area contributed by atoms with Crippen molar-refractivity contribution in [1.29, 1.82) is 0 Å². The van der Waals surface area contributed by atoms with Gasteiger partial charge in [0.1, 0.15) is 6.10 Å². The highest BCUT2D eigenvalue weighted by Gasteiger charge is 2.29. The van der Waals surface area contributed by atoms with E-state index in [0.717, 1.165) is 11.1 Å². The van der Waals surface area contributed by atoms with Gasteiger partial charge in [0, 0.05) is 31.7 Å². The fourth-order valence-corrected chi connectivity index (χ4v) is 3.26. The molecule has 2 heterocycles. The minimum Gasteiger partial charge on any atom is -0.394 e. The van der Waals surface area contributed by atoms with Gasteiger partial charge in [-0.25, -0.2) is 0 Å². The molecule has 1 saturated heterocycles. The average molecular weight is 348 g/mol. The molecule has 1 fully saturated rings. The van der Waals surface area contributed by atoms with Gasteiger partial charge in [-0.05, 0) is 18.1 Å². The Labute approximate surface area is 146 Å². The van der Waals surface area contributed by atoms with Crippen molar-refractivity contribution in [3.8, 4) is 0 Å². The second-order valence-electron chi connectivity index (χ2n) is 6.30. The predicted molar refractivity (Wildman–Crippen MR) is 90.0 cm³/mol.